The molecule has 1 aliphatic carbocycles. The summed E-state index contributed by atoms with van der Waals surface area (Å²) in [6.07, 6.45) is 9.02. The summed E-state index contributed by atoms with van der Waals surface area (Å²) in [6, 6.07) is 9.67. The molecule has 3 rings (SSSR count). The second-order valence-electron chi connectivity index (χ2n) is 6.12. The minimum Gasteiger partial charge on any atom is -0.231 e. The van der Waals surface area contributed by atoms with E-state index < -0.39 is 0 Å². The van der Waals surface area contributed by atoms with Gasteiger partial charge in [-0.15, -0.1) is 0 Å². The zero-order chi connectivity index (χ0) is 14.3. The van der Waals surface area contributed by atoms with Crippen molar-refractivity contribution in [2.75, 3.05) is 0 Å². The summed E-state index contributed by atoms with van der Waals surface area (Å²) in [6.45, 7) is 8.99. The highest BCUT2D eigenvalue weighted by Gasteiger charge is 2.32. The van der Waals surface area contributed by atoms with E-state index in [1.807, 2.05) is 0 Å². The smallest absolute Gasteiger partial charge is 0.231 e. The van der Waals surface area contributed by atoms with E-state index in [4.69, 9.17) is 0 Å². The molecule has 0 fully saturated rings. The second kappa shape index (κ2) is 4.93. The first kappa shape index (κ1) is 13.2. The van der Waals surface area contributed by atoms with Crippen molar-refractivity contribution in [3.8, 4) is 0 Å². The number of nitrogens with zero attached hydrogens (tertiary/aromatic N) is 2. The molecule has 2 aromatic rings. The Labute approximate surface area is 121 Å². The lowest BCUT2D eigenvalue weighted by atomic mass is 9.99. The van der Waals surface area contributed by atoms with Crippen molar-refractivity contribution >= 4 is 6.08 Å². The van der Waals surface area contributed by atoms with Crippen molar-refractivity contribution < 1.29 is 4.57 Å². The van der Waals surface area contributed by atoms with Gasteiger partial charge in [-0.2, -0.15) is 0 Å². The van der Waals surface area contributed by atoms with Crippen molar-refractivity contribution in [2.24, 2.45) is 0 Å². The van der Waals surface area contributed by atoms with Crippen LogP contribution >= 0.6 is 0 Å². The minimum atomic E-state index is 0.367. The van der Waals surface area contributed by atoms with Gasteiger partial charge in [-0.1, -0.05) is 36.4 Å². The Morgan fingerprint density at radius 1 is 1.10 bits per heavy atom. The van der Waals surface area contributed by atoms with Crippen LogP contribution in [0.3, 0.4) is 0 Å². The Bertz CT molecular complexity index is 622. The maximum absolute atomic E-state index is 2.40. The molecule has 1 heterocycles. The van der Waals surface area contributed by atoms with E-state index in [0.29, 0.717) is 18.0 Å². The topological polar surface area (TPSA) is 8.81 Å². The normalized spacial score (nSPS) is 17.2. The van der Waals surface area contributed by atoms with Crippen molar-refractivity contribution in [1.82, 2.24) is 4.57 Å². The summed E-state index contributed by atoms with van der Waals surface area (Å²) in [5.74, 6) is 1.75. The maximum atomic E-state index is 2.40. The number of hydrogen-bond acceptors (Lipinski definition) is 0. The van der Waals surface area contributed by atoms with Crippen molar-refractivity contribution in [3.63, 3.8) is 0 Å². The molecular formula is C18H23N2+. The monoisotopic (exact) mass is 267 g/mol. The van der Waals surface area contributed by atoms with Gasteiger partial charge in [-0.3, -0.25) is 0 Å². The molecule has 1 atom stereocenters. The first-order chi connectivity index (χ1) is 9.59. The van der Waals surface area contributed by atoms with Gasteiger partial charge in [0.25, 0.3) is 5.82 Å². The number of imidazole rings is 1. The number of benzene rings is 1. The third kappa shape index (κ3) is 2.00. The highest BCUT2D eigenvalue weighted by Crippen LogP contribution is 2.35. The molecule has 20 heavy (non-hydrogen) atoms. The summed E-state index contributed by atoms with van der Waals surface area (Å²) in [5.41, 5.74) is 2.77. The lowest BCUT2D eigenvalue weighted by molar-refractivity contribution is -0.723. The number of hydrogen-bond donors (Lipinski definition) is 0. The van der Waals surface area contributed by atoms with Crippen molar-refractivity contribution in [2.45, 2.75) is 45.7 Å². The molecule has 0 N–H and O–H groups in total. The summed E-state index contributed by atoms with van der Waals surface area (Å²) in [7, 11) is 0. The summed E-state index contributed by atoms with van der Waals surface area (Å²) in [4.78, 5) is 0. The highest BCUT2D eigenvalue weighted by atomic mass is 15.2. The molecule has 0 amide bonds. The van der Waals surface area contributed by atoms with E-state index in [1.165, 1.54) is 17.0 Å². The largest absolute Gasteiger partial charge is 0.268 e. The van der Waals surface area contributed by atoms with E-state index in [-0.39, 0.29) is 0 Å². The number of rotatable bonds is 3. The maximum Gasteiger partial charge on any atom is 0.268 e. The predicted molar refractivity (Wildman–Crippen MR) is 82.7 cm³/mol. The predicted octanol–water partition coefficient (Wildman–Crippen LogP) is 4.10. The lowest BCUT2D eigenvalue weighted by Gasteiger charge is -2.15. The van der Waals surface area contributed by atoms with Gasteiger partial charge in [0, 0.05) is 0 Å². The van der Waals surface area contributed by atoms with Crippen LogP contribution in [0.15, 0.2) is 42.7 Å². The van der Waals surface area contributed by atoms with Crippen LogP contribution in [0.2, 0.25) is 0 Å². The SMILES string of the molecule is CC(C)n1cc[n+](C(C)C)c1C1C=Cc2ccccc21. The summed E-state index contributed by atoms with van der Waals surface area (Å²) < 4.78 is 4.80. The molecule has 2 nitrogen and oxygen atoms in total. The van der Waals surface area contributed by atoms with Crippen LogP contribution in [0.5, 0.6) is 0 Å². The molecule has 1 aromatic carbocycles. The third-order valence-electron chi connectivity index (χ3n) is 4.11. The average molecular weight is 267 g/mol. The Morgan fingerprint density at radius 3 is 2.55 bits per heavy atom. The molecule has 0 radical (unpaired) electrons. The molecule has 0 aliphatic heterocycles. The van der Waals surface area contributed by atoms with Gasteiger partial charge >= 0.3 is 0 Å². The molecule has 104 valence electrons. The first-order valence-electron chi connectivity index (χ1n) is 7.48. The Hall–Kier alpha value is -1.83. The first-order valence-corrected chi connectivity index (χ1v) is 7.48. The summed E-state index contributed by atoms with van der Waals surface area (Å²) in [5, 5.41) is 0. The van der Waals surface area contributed by atoms with E-state index in [2.05, 4.69) is 85.6 Å². The summed E-state index contributed by atoms with van der Waals surface area (Å²) >= 11 is 0. The van der Waals surface area contributed by atoms with E-state index in [0.717, 1.165) is 0 Å². The van der Waals surface area contributed by atoms with Crippen molar-refractivity contribution in [3.05, 3.63) is 59.7 Å². The molecule has 1 aromatic heterocycles. The number of aromatic nitrogens is 2. The fraction of sp³-hybridized carbons (Fsp3) is 0.389. The van der Waals surface area contributed by atoms with Gasteiger partial charge in [-0.25, -0.2) is 9.13 Å². The van der Waals surface area contributed by atoms with Gasteiger partial charge in [0.05, 0.1) is 12.1 Å². The average Bonchev–Trinajstić information content (AvgIpc) is 3.01. The zero-order valence-electron chi connectivity index (χ0n) is 12.7. The fourth-order valence-corrected chi connectivity index (χ4v) is 3.10. The van der Waals surface area contributed by atoms with E-state index in [9.17, 15) is 0 Å². The van der Waals surface area contributed by atoms with Crippen LogP contribution < -0.4 is 4.57 Å². The highest BCUT2D eigenvalue weighted by molar-refractivity contribution is 5.63. The van der Waals surface area contributed by atoms with Crippen LogP contribution in [0, 0.1) is 0 Å². The Balaban J connectivity index is 2.16. The molecule has 2 heteroatoms. The Morgan fingerprint density at radius 2 is 1.85 bits per heavy atom. The van der Waals surface area contributed by atoms with Gasteiger partial charge < -0.3 is 0 Å². The molecule has 0 saturated carbocycles. The molecule has 0 saturated heterocycles. The van der Waals surface area contributed by atoms with Crippen LogP contribution in [0.25, 0.3) is 6.08 Å². The quantitative estimate of drug-likeness (QED) is 0.740. The fourth-order valence-electron chi connectivity index (χ4n) is 3.10. The lowest BCUT2D eigenvalue weighted by Crippen LogP contribution is -2.40. The van der Waals surface area contributed by atoms with Crippen LogP contribution in [-0.4, -0.2) is 4.57 Å². The molecule has 0 spiro atoms. The van der Waals surface area contributed by atoms with Crippen LogP contribution in [-0.2, 0) is 0 Å². The van der Waals surface area contributed by atoms with Gasteiger partial charge in [0.2, 0.25) is 0 Å². The van der Waals surface area contributed by atoms with Gasteiger partial charge in [0.15, 0.2) is 0 Å². The van der Waals surface area contributed by atoms with Crippen LogP contribution in [0.4, 0.5) is 0 Å². The molecule has 1 unspecified atom stereocenters. The zero-order valence-corrected chi connectivity index (χ0v) is 12.7. The molecule has 1 aliphatic rings. The van der Waals surface area contributed by atoms with E-state index >= 15 is 0 Å². The van der Waals surface area contributed by atoms with Gasteiger partial charge in [-0.05, 0) is 38.8 Å². The van der Waals surface area contributed by atoms with Gasteiger partial charge in [0.1, 0.15) is 18.3 Å². The standard InChI is InChI=1S/C18H23N2/c1-13(2)19-11-12-20(14(3)4)18(19)17-10-9-15-7-5-6-8-16(15)17/h5-14,17H,1-4H3/q+1. The molecular weight excluding hydrogens is 244 g/mol. The van der Waals surface area contributed by atoms with E-state index in [1.54, 1.807) is 0 Å². The minimum absolute atomic E-state index is 0.367. The third-order valence-corrected chi connectivity index (χ3v) is 4.11. The Kier molecular flexibility index (Phi) is 3.25. The molecule has 0 bridgehead atoms. The number of fused-ring (bicyclic) bond motifs is 1. The second-order valence-corrected chi connectivity index (χ2v) is 6.12. The van der Waals surface area contributed by atoms with Crippen LogP contribution in [0.1, 0.15) is 62.6 Å². The van der Waals surface area contributed by atoms with Crippen molar-refractivity contribution in [1.29, 1.82) is 0 Å². The number of allylic oxidation sites excluding steroid dienone is 1.